The Morgan fingerprint density at radius 3 is 0.638 bits per heavy atom. The van der Waals surface area contributed by atoms with E-state index >= 15 is 0 Å². The summed E-state index contributed by atoms with van der Waals surface area (Å²) in [7, 11) is -9.30. The van der Waals surface area contributed by atoms with Gasteiger partial charge >= 0.3 is 20.8 Å². The lowest BCUT2D eigenvalue weighted by molar-refractivity contribution is 0.232. The number of unbranched alkanes of at least 4 members (excludes halogenated alkanes) is 32. The third kappa shape index (κ3) is 38.4. The predicted octanol–water partition coefficient (Wildman–Crippen LogP) is 12.8. The van der Waals surface area contributed by atoms with Crippen molar-refractivity contribution in [1.29, 1.82) is 0 Å². The molecule has 0 aromatic rings. The van der Waals surface area contributed by atoms with Crippen LogP contribution in [0.1, 0.15) is 232 Å². The zero-order chi connectivity index (χ0) is 34.6. The second kappa shape index (κ2) is 35.6. The first-order valence-electron chi connectivity index (χ1n) is 20.3. The van der Waals surface area contributed by atoms with Crippen LogP contribution in [0.2, 0.25) is 0 Å². The summed E-state index contributed by atoms with van der Waals surface area (Å²) in [6, 6.07) is 0. The van der Waals surface area contributed by atoms with Crippen molar-refractivity contribution in [2.45, 2.75) is 232 Å². The maximum atomic E-state index is 11.9. The van der Waals surface area contributed by atoms with Gasteiger partial charge in [-0.15, -0.1) is 3.63 Å². The van der Waals surface area contributed by atoms with Crippen molar-refractivity contribution in [3.8, 4) is 0 Å². The van der Waals surface area contributed by atoms with Crippen molar-refractivity contribution in [2.75, 3.05) is 13.2 Å². The fourth-order valence-corrected chi connectivity index (χ4v) is 7.89. The molecule has 0 amide bonds. The van der Waals surface area contributed by atoms with Gasteiger partial charge in [0.05, 0.1) is 13.2 Å². The van der Waals surface area contributed by atoms with E-state index in [4.69, 9.17) is 8.37 Å². The minimum Gasteiger partial charge on any atom is -0.247 e. The van der Waals surface area contributed by atoms with E-state index in [0.29, 0.717) is 12.8 Å². The molecule has 284 valence electrons. The molecule has 0 aromatic carbocycles. The molecule has 0 bridgehead atoms. The van der Waals surface area contributed by atoms with E-state index in [2.05, 4.69) is 17.5 Å². The van der Waals surface area contributed by atoms with E-state index in [1.54, 1.807) is 0 Å². The molecule has 0 heterocycles. The van der Waals surface area contributed by atoms with E-state index in [-0.39, 0.29) is 13.2 Å². The standard InChI is InChI=1S/C38H78O7S2/c1-3-5-7-9-11-13-15-17-19-21-23-25-27-29-31-33-35-37-43-46(39,40)45-47(41,42)44-38-36-34-32-30-28-26-24-22-20-18-16-14-12-10-8-6-4-2/h3-38H2,1-2H3. The third-order valence-corrected chi connectivity index (χ3v) is 11.4. The van der Waals surface area contributed by atoms with E-state index in [1.165, 1.54) is 167 Å². The largest absolute Gasteiger partial charge is 0.416 e. The van der Waals surface area contributed by atoms with Crippen LogP contribution in [0.5, 0.6) is 0 Å². The average molecular weight is 711 g/mol. The summed E-state index contributed by atoms with van der Waals surface area (Å²) < 4.78 is 61.3. The quantitative estimate of drug-likeness (QED) is 0.0584. The highest BCUT2D eigenvalue weighted by Crippen LogP contribution is 2.16. The van der Waals surface area contributed by atoms with Crippen LogP contribution in [-0.2, 0) is 32.8 Å². The van der Waals surface area contributed by atoms with Crippen LogP contribution < -0.4 is 0 Å². The van der Waals surface area contributed by atoms with Crippen LogP contribution in [0.15, 0.2) is 0 Å². The lowest BCUT2D eigenvalue weighted by atomic mass is 10.0. The summed E-state index contributed by atoms with van der Waals surface area (Å²) in [5, 5.41) is 0. The van der Waals surface area contributed by atoms with Crippen molar-refractivity contribution in [2.24, 2.45) is 0 Å². The fraction of sp³-hybridized carbons (Fsp3) is 1.00. The maximum Gasteiger partial charge on any atom is 0.416 e. The fourth-order valence-electron chi connectivity index (χ4n) is 6.12. The van der Waals surface area contributed by atoms with Gasteiger partial charge in [-0.25, -0.2) is 8.37 Å². The molecule has 0 rings (SSSR count). The van der Waals surface area contributed by atoms with Crippen molar-refractivity contribution >= 4 is 20.8 Å². The molecular formula is C38H78O7S2. The second-order valence-electron chi connectivity index (χ2n) is 13.8. The highest BCUT2D eigenvalue weighted by Gasteiger charge is 2.24. The Labute approximate surface area is 294 Å². The Balaban J connectivity index is 3.50. The van der Waals surface area contributed by atoms with Gasteiger partial charge in [-0.1, -0.05) is 219 Å². The van der Waals surface area contributed by atoms with Crippen molar-refractivity contribution in [3.05, 3.63) is 0 Å². The van der Waals surface area contributed by atoms with Gasteiger partial charge in [-0.2, -0.15) is 16.8 Å². The lowest BCUT2D eigenvalue weighted by Gasteiger charge is -2.07. The van der Waals surface area contributed by atoms with E-state index in [1.807, 2.05) is 0 Å². The molecule has 0 saturated carbocycles. The monoisotopic (exact) mass is 711 g/mol. The van der Waals surface area contributed by atoms with Gasteiger partial charge in [-0.05, 0) is 12.8 Å². The lowest BCUT2D eigenvalue weighted by Crippen LogP contribution is -2.19. The Kier molecular flexibility index (Phi) is 35.4. The van der Waals surface area contributed by atoms with Gasteiger partial charge in [0.1, 0.15) is 0 Å². The Hall–Kier alpha value is -0.220. The van der Waals surface area contributed by atoms with Gasteiger partial charge in [0.25, 0.3) is 0 Å². The first kappa shape index (κ1) is 46.8. The average Bonchev–Trinajstić information content (AvgIpc) is 3.03. The summed E-state index contributed by atoms with van der Waals surface area (Å²) in [6.07, 6.45) is 42.0. The minimum atomic E-state index is -4.65. The molecule has 0 atom stereocenters. The smallest absolute Gasteiger partial charge is 0.247 e. The number of rotatable bonds is 40. The van der Waals surface area contributed by atoms with Gasteiger partial charge in [0.2, 0.25) is 0 Å². The normalized spacial score (nSPS) is 12.3. The van der Waals surface area contributed by atoms with Crippen molar-refractivity contribution in [1.82, 2.24) is 0 Å². The molecule has 47 heavy (non-hydrogen) atoms. The molecule has 0 unspecified atom stereocenters. The Morgan fingerprint density at radius 1 is 0.277 bits per heavy atom. The zero-order valence-electron chi connectivity index (χ0n) is 31.1. The molecule has 0 fully saturated rings. The Bertz CT molecular complexity index is 763. The third-order valence-electron chi connectivity index (χ3n) is 9.12. The molecule has 0 aromatic heterocycles. The van der Waals surface area contributed by atoms with E-state index in [0.717, 1.165) is 38.5 Å². The van der Waals surface area contributed by atoms with Crippen LogP contribution in [0.4, 0.5) is 0 Å². The highest BCUT2D eigenvalue weighted by atomic mass is 32.3. The van der Waals surface area contributed by atoms with Gasteiger partial charge < -0.3 is 0 Å². The first-order chi connectivity index (χ1) is 22.8. The van der Waals surface area contributed by atoms with Gasteiger partial charge in [0, 0.05) is 0 Å². The topological polar surface area (TPSA) is 96.0 Å². The number of hydrogen-bond acceptors (Lipinski definition) is 7. The van der Waals surface area contributed by atoms with Crippen molar-refractivity contribution in [3.63, 3.8) is 0 Å². The molecule has 0 spiro atoms. The van der Waals surface area contributed by atoms with Gasteiger partial charge in [-0.3, -0.25) is 0 Å². The van der Waals surface area contributed by atoms with Crippen LogP contribution >= 0.6 is 0 Å². The molecule has 0 aliphatic rings. The molecular weight excluding hydrogens is 633 g/mol. The molecule has 0 saturated heterocycles. The molecule has 0 aliphatic carbocycles. The van der Waals surface area contributed by atoms with Crippen LogP contribution in [0.25, 0.3) is 0 Å². The van der Waals surface area contributed by atoms with Crippen LogP contribution in [0.3, 0.4) is 0 Å². The summed E-state index contributed by atoms with van der Waals surface area (Å²) in [5.74, 6) is 0. The van der Waals surface area contributed by atoms with E-state index < -0.39 is 20.8 Å². The second-order valence-corrected chi connectivity index (χ2v) is 16.5. The maximum absolute atomic E-state index is 11.9. The predicted molar refractivity (Wildman–Crippen MR) is 199 cm³/mol. The number of hydrogen-bond donors (Lipinski definition) is 0. The SMILES string of the molecule is CCCCCCCCCCCCCCCCCCCOS(=O)(=O)OS(=O)(=O)OCCCCCCCCCCCCCCCCCCC. The summed E-state index contributed by atoms with van der Waals surface area (Å²) >= 11 is 0. The van der Waals surface area contributed by atoms with Crippen molar-refractivity contribution < 1.29 is 28.8 Å². The molecule has 7 nitrogen and oxygen atoms in total. The van der Waals surface area contributed by atoms with Gasteiger partial charge in [0.15, 0.2) is 0 Å². The first-order valence-corrected chi connectivity index (χ1v) is 23.0. The summed E-state index contributed by atoms with van der Waals surface area (Å²) in [5.41, 5.74) is 0. The molecule has 9 heteroatoms. The zero-order valence-corrected chi connectivity index (χ0v) is 32.8. The minimum absolute atomic E-state index is 0.0876. The van der Waals surface area contributed by atoms with Crippen LogP contribution in [-0.4, -0.2) is 30.0 Å². The summed E-state index contributed by atoms with van der Waals surface area (Å²) in [4.78, 5) is 0. The Morgan fingerprint density at radius 2 is 0.447 bits per heavy atom. The molecule has 0 aliphatic heterocycles. The summed E-state index contributed by atoms with van der Waals surface area (Å²) in [6.45, 7) is 4.35. The highest BCUT2D eigenvalue weighted by molar-refractivity contribution is 7.95. The molecule has 0 N–H and O–H groups in total. The van der Waals surface area contributed by atoms with Crippen LogP contribution in [0, 0.1) is 0 Å². The molecule has 0 radical (unpaired) electrons. The van der Waals surface area contributed by atoms with E-state index in [9.17, 15) is 16.8 Å².